The fourth-order valence-electron chi connectivity index (χ4n) is 2.90. The van der Waals surface area contributed by atoms with Crippen molar-refractivity contribution in [3.63, 3.8) is 0 Å². The molecular formula is C18H28N2O6. The number of hydroxylamine groups is 2. The summed E-state index contributed by atoms with van der Waals surface area (Å²) < 4.78 is 9.33. The highest BCUT2D eigenvalue weighted by atomic mass is 17.0. The van der Waals surface area contributed by atoms with Crippen LogP contribution in [0, 0.1) is 5.41 Å². The Kier molecular flexibility index (Phi) is 6.96. The molecular weight excluding hydrogens is 340 g/mol. The predicted octanol–water partition coefficient (Wildman–Crippen LogP) is 1.60. The molecule has 0 aliphatic carbocycles. The summed E-state index contributed by atoms with van der Waals surface area (Å²) >= 11 is 0. The van der Waals surface area contributed by atoms with Crippen molar-refractivity contribution in [3.8, 4) is 0 Å². The second-order valence-electron chi connectivity index (χ2n) is 6.89. The molecule has 0 saturated carbocycles. The molecule has 1 fully saturated rings. The number of Topliss-reactive ketones (excluding diaryl/α,β-unsaturated/α-hetero) is 1. The van der Waals surface area contributed by atoms with Gasteiger partial charge in [0.05, 0.1) is 19.3 Å². The number of carbonyl (C=O) groups is 1. The topological polar surface area (TPSA) is 111 Å². The van der Waals surface area contributed by atoms with Crippen molar-refractivity contribution in [2.45, 2.75) is 26.3 Å². The van der Waals surface area contributed by atoms with Gasteiger partial charge in [-0.25, -0.2) is 0 Å². The summed E-state index contributed by atoms with van der Waals surface area (Å²) in [4.78, 5) is 13.9. The van der Waals surface area contributed by atoms with Crippen LogP contribution in [-0.2, 0) is 0 Å². The Balaban J connectivity index is 0.000000197. The molecule has 0 radical (unpaired) electrons. The maximum absolute atomic E-state index is 11.8. The molecule has 8 nitrogen and oxygen atoms in total. The SMILES string of the molecule is CC(C(=O)c1ccc2ooc2c1)N(C)O.CCC1(CO)CN(CCO)C1. The molecule has 0 spiro atoms. The third-order valence-electron chi connectivity index (χ3n) is 5.01. The Hall–Kier alpha value is -1.71. The molecule has 2 heterocycles. The molecule has 1 atom stereocenters. The van der Waals surface area contributed by atoms with E-state index in [0.29, 0.717) is 16.7 Å². The standard InChI is InChI=1S/C10H11NO4.C8H17NO2/c1-6(11(2)13)10(12)7-3-4-8-9(5-7)15-14-8;1-2-8(7-11)5-9(6-8)3-4-10/h3-6,13H,1-2H3;10-11H,2-7H2,1H3. The van der Waals surface area contributed by atoms with Crippen molar-refractivity contribution in [2.24, 2.45) is 5.41 Å². The molecule has 26 heavy (non-hydrogen) atoms. The number of likely N-dealkylation sites (N-methyl/N-ethyl adjacent to an activating group) is 1. The monoisotopic (exact) mass is 368 g/mol. The smallest absolute Gasteiger partial charge is 0.226 e. The maximum Gasteiger partial charge on any atom is 0.226 e. The van der Waals surface area contributed by atoms with Crippen LogP contribution in [0.15, 0.2) is 27.4 Å². The molecule has 146 valence electrons. The van der Waals surface area contributed by atoms with Crippen LogP contribution in [-0.4, -0.2) is 77.1 Å². The first-order chi connectivity index (χ1) is 12.4. The largest absolute Gasteiger partial charge is 0.396 e. The van der Waals surface area contributed by atoms with Crippen molar-refractivity contribution in [2.75, 3.05) is 39.9 Å². The van der Waals surface area contributed by atoms with Crippen LogP contribution in [0.5, 0.6) is 0 Å². The number of β-amino-alcohol motifs (C(OH)–C–C–N with tert-alkyl or cyclic N) is 1. The van der Waals surface area contributed by atoms with Crippen LogP contribution in [0.1, 0.15) is 30.6 Å². The van der Waals surface area contributed by atoms with Gasteiger partial charge >= 0.3 is 0 Å². The zero-order valence-corrected chi connectivity index (χ0v) is 15.5. The summed E-state index contributed by atoms with van der Waals surface area (Å²) in [6.45, 7) is 6.88. The van der Waals surface area contributed by atoms with Gasteiger partial charge in [-0.15, -0.1) is 0 Å². The second-order valence-corrected chi connectivity index (χ2v) is 6.89. The van der Waals surface area contributed by atoms with Crippen LogP contribution < -0.4 is 0 Å². The molecule has 1 unspecified atom stereocenters. The summed E-state index contributed by atoms with van der Waals surface area (Å²) in [6, 6.07) is 4.32. The van der Waals surface area contributed by atoms with Crippen molar-refractivity contribution in [1.82, 2.24) is 9.96 Å². The third kappa shape index (κ3) is 4.52. The lowest BCUT2D eigenvalue weighted by Gasteiger charge is -2.48. The normalized spacial score (nSPS) is 17.7. The Bertz CT molecular complexity index is 695. The van der Waals surface area contributed by atoms with Gasteiger partial charge in [0.2, 0.25) is 11.2 Å². The summed E-state index contributed by atoms with van der Waals surface area (Å²) in [7, 11) is 1.43. The number of aliphatic hydroxyl groups is 2. The summed E-state index contributed by atoms with van der Waals surface area (Å²) in [5.74, 6) is -0.168. The van der Waals surface area contributed by atoms with E-state index in [2.05, 4.69) is 21.0 Å². The van der Waals surface area contributed by atoms with E-state index in [1.807, 2.05) is 0 Å². The number of likely N-dealkylation sites (tertiary alicyclic amines) is 1. The van der Waals surface area contributed by atoms with E-state index in [1.54, 1.807) is 25.1 Å². The van der Waals surface area contributed by atoms with Crippen molar-refractivity contribution in [3.05, 3.63) is 23.8 Å². The highest BCUT2D eigenvalue weighted by molar-refractivity contribution is 6.01. The molecule has 3 rings (SSSR count). The maximum atomic E-state index is 11.8. The predicted molar refractivity (Wildman–Crippen MR) is 95.2 cm³/mol. The number of aliphatic hydroxyl groups excluding tert-OH is 2. The Labute approximate surface area is 152 Å². The lowest BCUT2D eigenvalue weighted by Crippen LogP contribution is -2.58. The number of carbonyl (C=O) groups excluding carboxylic acids is 1. The van der Waals surface area contributed by atoms with Crippen molar-refractivity contribution >= 4 is 16.9 Å². The highest BCUT2D eigenvalue weighted by Gasteiger charge is 2.40. The van der Waals surface area contributed by atoms with Crippen LogP contribution in [0.2, 0.25) is 0 Å². The number of hydrogen-bond acceptors (Lipinski definition) is 8. The Morgan fingerprint density at radius 3 is 2.38 bits per heavy atom. The molecule has 8 heteroatoms. The van der Waals surface area contributed by atoms with Gasteiger partial charge in [0, 0.05) is 43.7 Å². The summed E-state index contributed by atoms with van der Waals surface area (Å²) in [5, 5.41) is 27.7. The van der Waals surface area contributed by atoms with E-state index in [1.165, 1.54) is 7.05 Å². The molecule has 1 aliphatic heterocycles. The van der Waals surface area contributed by atoms with E-state index in [9.17, 15) is 4.79 Å². The van der Waals surface area contributed by atoms with Gasteiger partial charge in [0.15, 0.2) is 5.78 Å². The van der Waals surface area contributed by atoms with Crippen LogP contribution in [0.4, 0.5) is 0 Å². The number of nitrogens with zero attached hydrogens (tertiary/aromatic N) is 2. The molecule has 1 saturated heterocycles. The number of benzene rings is 1. The van der Waals surface area contributed by atoms with Gasteiger partial charge in [0.1, 0.15) is 0 Å². The minimum absolute atomic E-state index is 0.148. The Morgan fingerprint density at radius 1 is 1.31 bits per heavy atom. The first kappa shape index (κ1) is 20.6. The summed E-state index contributed by atoms with van der Waals surface area (Å²) in [6.07, 6.45) is 1.03. The minimum atomic E-state index is -0.580. The lowest BCUT2D eigenvalue weighted by atomic mass is 9.78. The van der Waals surface area contributed by atoms with Crippen LogP contribution in [0.25, 0.3) is 11.2 Å². The van der Waals surface area contributed by atoms with E-state index < -0.39 is 6.04 Å². The first-order valence-electron chi connectivity index (χ1n) is 8.74. The van der Waals surface area contributed by atoms with E-state index in [0.717, 1.165) is 31.1 Å². The van der Waals surface area contributed by atoms with Gasteiger partial charge in [0.25, 0.3) is 0 Å². The average Bonchev–Trinajstić information content (AvgIpc) is 2.58. The summed E-state index contributed by atoms with van der Waals surface area (Å²) in [5.41, 5.74) is 1.81. The molecule has 1 aliphatic rings. The minimum Gasteiger partial charge on any atom is -0.396 e. The molecule has 0 amide bonds. The fraction of sp³-hybridized carbons (Fsp3) is 0.611. The number of rotatable bonds is 7. The van der Waals surface area contributed by atoms with E-state index >= 15 is 0 Å². The van der Waals surface area contributed by atoms with E-state index in [-0.39, 0.29) is 24.4 Å². The van der Waals surface area contributed by atoms with Gasteiger partial charge in [-0.2, -0.15) is 5.06 Å². The first-order valence-corrected chi connectivity index (χ1v) is 8.74. The van der Waals surface area contributed by atoms with Gasteiger partial charge in [-0.1, -0.05) is 6.92 Å². The van der Waals surface area contributed by atoms with E-state index in [4.69, 9.17) is 15.4 Å². The Morgan fingerprint density at radius 2 is 1.96 bits per heavy atom. The van der Waals surface area contributed by atoms with Crippen molar-refractivity contribution in [1.29, 1.82) is 0 Å². The fourth-order valence-corrected chi connectivity index (χ4v) is 2.90. The van der Waals surface area contributed by atoms with Crippen molar-refractivity contribution < 1.29 is 29.4 Å². The molecule has 2 aromatic rings. The van der Waals surface area contributed by atoms with Gasteiger partial charge < -0.3 is 15.4 Å². The number of ketones is 1. The average molecular weight is 368 g/mol. The molecule has 1 aromatic heterocycles. The molecule has 1 aromatic carbocycles. The zero-order valence-electron chi connectivity index (χ0n) is 15.5. The third-order valence-corrected chi connectivity index (χ3v) is 5.01. The molecule has 3 N–H and O–H groups in total. The van der Waals surface area contributed by atoms with Gasteiger partial charge in [-0.05, 0) is 25.5 Å². The quantitative estimate of drug-likeness (QED) is 0.384. The van der Waals surface area contributed by atoms with Crippen LogP contribution in [0.3, 0.4) is 0 Å². The highest BCUT2D eigenvalue weighted by Crippen LogP contribution is 2.32. The number of fused-ring (bicyclic) bond motifs is 1. The molecule has 0 bridgehead atoms. The number of hydrogen-bond donors (Lipinski definition) is 3. The van der Waals surface area contributed by atoms with Gasteiger partial charge in [-0.3, -0.25) is 18.8 Å². The second kappa shape index (κ2) is 8.79. The van der Waals surface area contributed by atoms with Crippen LogP contribution >= 0.6 is 0 Å². The zero-order chi connectivity index (χ0) is 19.3. The lowest BCUT2D eigenvalue weighted by molar-refractivity contribution is -0.0849.